The van der Waals surface area contributed by atoms with Crippen molar-refractivity contribution in [2.75, 3.05) is 20.3 Å². The molecule has 0 aliphatic carbocycles. The molecule has 4 nitrogen and oxygen atoms in total. The zero-order chi connectivity index (χ0) is 16.7. The van der Waals surface area contributed by atoms with Gasteiger partial charge >= 0.3 is 0 Å². The summed E-state index contributed by atoms with van der Waals surface area (Å²) in [6.07, 6.45) is 0.720. The third-order valence-corrected chi connectivity index (χ3v) is 3.82. The molecule has 0 aromatic heterocycles. The first-order valence-electron chi connectivity index (χ1n) is 7.82. The molecule has 0 aliphatic heterocycles. The van der Waals surface area contributed by atoms with E-state index in [2.05, 4.69) is 19.1 Å². The van der Waals surface area contributed by atoms with Gasteiger partial charge in [0.2, 0.25) is 0 Å². The maximum Gasteiger partial charge on any atom is 0.161 e. The van der Waals surface area contributed by atoms with Crippen LogP contribution in [0.3, 0.4) is 0 Å². The topological polar surface area (TPSA) is 64.7 Å². The second-order valence-corrected chi connectivity index (χ2v) is 5.75. The highest BCUT2D eigenvalue weighted by molar-refractivity contribution is 5.43. The Labute approximate surface area is 137 Å². The van der Waals surface area contributed by atoms with Crippen LogP contribution >= 0.6 is 0 Å². The summed E-state index contributed by atoms with van der Waals surface area (Å²) in [4.78, 5) is 0. The molecule has 2 aromatic rings. The number of methoxy groups -OCH3 is 1. The number of benzene rings is 2. The van der Waals surface area contributed by atoms with Gasteiger partial charge in [-0.25, -0.2) is 0 Å². The van der Waals surface area contributed by atoms with E-state index in [1.165, 1.54) is 5.56 Å². The highest BCUT2D eigenvalue weighted by Crippen LogP contribution is 2.29. The van der Waals surface area contributed by atoms with Gasteiger partial charge in [-0.15, -0.1) is 0 Å². The Hall–Kier alpha value is -2.04. The minimum absolute atomic E-state index is 0.0630. The van der Waals surface area contributed by atoms with Crippen molar-refractivity contribution in [2.45, 2.75) is 20.0 Å². The molecule has 2 rings (SSSR count). The second-order valence-electron chi connectivity index (χ2n) is 5.75. The largest absolute Gasteiger partial charge is 0.493 e. The molecule has 1 atom stereocenters. The SMILES string of the molecule is COc1ccc(CC(CN)CO)cc1OCc1cccc(C)c1. The van der Waals surface area contributed by atoms with Crippen molar-refractivity contribution in [1.82, 2.24) is 0 Å². The van der Waals surface area contributed by atoms with E-state index in [9.17, 15) is 5.11 Å². The van der Waals surface area contributed by atoms with E-state index in [4.69, 9.17) is 15.2 Å². The maximum absolute atomic E-state index is 9.30. The van der Waals surface area contributed by atoms with Gasteiger partial charge in [0.25, 0.3) is 0 Å². The molecule has 23 heavy (non-hydrogen) atoms. The van der Waals surface area contributed by atoms with Gasteiger partial charge in [0.15, 0.2) is 11.5 Å². The van der Waals surface area contributed by atoms with Crippen LogP contribution in [0.25, 0.3) is 0 Å². The molecule has 124 valence electrons. The Balaban J connectivity index is 2.12. The number of aliphatic hydroxyl groups is 1. The Morgan fingerprint density at radius 2 is 1.91 bits per heavy atom. The zero-order valence-corrected chi connectivity index (χ0v) is 13.8. The van der Waals surface area contributed by atoms with Crippen LogP contribution in [-0.4, -0.2) is 25.4 Å². The van der Waals surface area contributed by atoms with Gasteiger partial charge in [0.05, 0.1) is 7.11 Å². The summed E-state index contributed by atoms with van der Waals surface area (Å²) < 4.78 is 11.3. The van der Waals surface area contributed by atoms with Crippen LogP contribution in [0.15, 0.2) is 42.5 Å². The number of aliphatic hydroxyl groups excluding tert-OH is 1. The minimum atomic E-state index is 0.0630. The van der Waals surface area contributed by atoms with Crippen LogP contribution in [0.1, 0.15) is 16.7 Å². The maximum atomic E-state index is 9.30. The van der Waals surface area contributed by atoms with E-state index < -0.39 is 0 Å². The molecular formula is C19H25NO3. The molecule has 0 fully saturated rings. The molecule has 0 radical (unpaired) electrons. The predicted octanol–water partition coefficient (Wildman–Crippen LogP) is 2.69. The fourth-order valence-corrected chi connectivity index (χ4v) is 2.48. The van der Waals surface area contributed by atoms with Crippen LogP contribution in [0.5, 0.6) is 11.5 Å². The fraction of sp³-hybridized carbons (Fsp3) is 0.368. The van der Waals surface area contributed by atoms with Crippen molar-refractivity contribution in [3.05, 3.63) is 59.2 Å². The van der Waals surface area contributed by atoms with E-state index in [-0.39, 0.29) is 12.5 Å². The molecule has 0 spiro atoms. The zero-order valence-electron chi connectivity index (χ0n) is 13.8. The summed E-state index contributed by atoms with van der Waals surface area (Å²) in [6.45, 7) is 3.10. The van der Waals surface area contributed by atoms with E-state index in [0.29, 0.717) is 24.7 Å². The predicted molar refractivity (Wildman–Crippen MR) is 91.8 cm³/mol. The van der Waals surface area contributed by atoms with Crippen LogP contribution in [-0.2, 0) is 13.0 Å². The standard InChI is InChI=1S/C19H25NO3/c1-14-4-3-5-16(8-14)13-23-19-10-15(6-7-18(19)22-2)9-17(11-20)12-21/h3-8,10,17,21H,9,11-13,20H2,1-2H3. The number of rotatable bonds is 8. The molecule has 0 heterocycles. The molecule has 0 bridgehead atoms. The van der Waals surface area contributed by atoms with Crippen molar-refractivity contribution < 1.29 is 14.6 Å². The van der Waals surface area contributed by atoms with Gasteiger partial charge in [-0.1, -0.05) is 35.9 Å². The number of ether oxygens (including phenoxy) is 2. The lowest BCUT2D eigenvalue weighted by Crippen LogP contribution is -2.20. The molecule has 1 unspecified atom stereocenters. The Kier molecular flexibility index (Phi) is 6.44. The van der Waals surface area contributed by atoms with Crippen LogP contribution in [0.4, 0.5) is 0 Å². The summed E-state index contributed by atoms with van der Waals surface area (Å²) in [5, 5.41) is 9.30. The number of aryl methyl sites for hydroxylation is 1. The molecule has 3 N–H and O–H groups in total. The fourth-order valence-electron chi connectivity index (χ4n) is 2.48. The van der Waals surface area contributed by atoms with Gasteiger partial charge in [0, 0.05) is 6.61 Å². The lowest BCUT2D eigenvalue weighted by molar-refractivity contribution is 0.229. The second kappa shape index (κ2) is 8.56. The normalized spacial score (nSPS) is 12.0. The molecule has 0 aliphatic rings. The molecule has 4 heteroatoms. The summed E-state index contributed by atoms with van der Waals surface area (Å²) in [5.41, 5.74) is 9.06. The molecule has 0 amide bonds. The average Bonchev–Trinajstić information content (AvgIpc) is 2.58. The lowest BCUT2D eigenvalue weighted by atomic mass is 10.00. The summed E-state index contributed by atoms with van der Waals surface area (Å²) in [6, 6.07) is 14.1. The Morgan fingerprint density at radius 1 is 1.09 bits per heavy atom. The summed E-state index contributed by atoms with van der Waals surface area (Å²) in [5.74, 6) is 1.47. The van der Waals surface area contributed by atoms with E-state index in [0.717, 1.165) is 17.5 Å². The van der Waals surface area contributed by atoms with Crippen molar-refractivity contribution in [3.8, 4) is 11.5 Å². The van der Waals surface area contributed by atoms with Gasteiger partial charge in [-0.05, 0) is 49.1 Å². The van der Waals surface area contributed by atoms with Gasteiger partial charge in [-0.3, -0.25) is 0 Å². The van der Waals surface area contributed by atoms with Gasteiger partial charge in [0.1, 0.15) is 6.61 Å². The van der Waals surface area contributed by atoms with E-state index >= 15 is 0 Å². The van der Waals surface area contributed by atoms with Gasteiger partial charge < -0.3 is 20.3 Å². The molecular weight excluding hydrogens is 290 g/mol. The summed E-state index contributed by atoms with van der Waals surface area (Å²) in [7, 11) is 1.63. The first-order chi connectivity index (χ1) is 11.2. The molecule has 0 saturated carbocycles. The minimum Gasteiger partial charge on any atom is -0.493 e. The van der Waals surface area contributed by atoms with Crippen LogP contribution in [0.2, 0.25) is 0 Å². The van der Waals surface area contributed by atoms with Crippen molar-refractivity contribution in [1.29, 1.82) is 0 Å². The number of hydrogen-bond acceptors (Lipinski definition) is 4. The van der Waals surface area contributed by atoms with E-state index in [1.807, 2.05) is 30.3 Å². The van der Waals surface area contributed by atoms with Crippen molar-refractivity contribution in [3.63, 3.8) is 0 Å². The monoisotopic (exact) mass is 315 g/mol. The highest BCUT2D eigenvalue weighted by Gasteiger charge is 2.10. The summed E-state index contributed by atoms with van der Waals surface area (Å²) >= 11 is 0. The first kappa shape index (κ1) is 17.3. The smallest absolute Gasteiger partial charge is 0.161 e. The third kappa shape index (κ3) is 4.98. The van der Waals surface area contributed by atoms with Gasteiger partial charge in [-0.2, -0.15) is 0 Å². The molecule has 2 aromatic carbocycles. The van der Waals surface area contributed by atoms with Crippen molar-refractivity contribution in [2.24, 2.45) is 11.7 Å². The Morgan fingerprint density at radius 3 is 2.57 bits per heavy atom. The Bertz CT molecular complexity index is 624. The molecule has 0 saturated heterocycles. The van der Waals surface area contributed by atoms with Crippen LogP contribution < -0.4 is 15.2 Å². The third-order valence-electron chi connectivity index (χ3n) is 3.82. The number of nitrogens with two attached hydrogens (primary N) is 1. The van der Waals surface area contributed by atoms with E-state index in [1.54, 1.807) is 7.11 Å². The lowest BCUT2D eigenvalue weighted by Gasteiger charge is -2.15. The first-order valence-corrected chi connectivity index (χ1v) is 7.82. The van der Waals surface area contributed by atoms with Crippen LogP contribution in [0, 0.1) is 12.8 Å². The number of hydrogen-bond donors (Lipinski definition) is 2. The van der Waals surface area contributed by atoms with Crippen molar-refractivity contribution >= 4 is 0 Å². The average molecular weight is 315 g/mol. The quantitative estimate of drug-likeness (QED) is 0.786. The highest BCUT2D eigenvalue weighted by atomic mass is 16.5.